The zero-order chi connectivity index (χ0) is 21.1. The van der Waals surface area contributed by atoms with Crippen molar-refractivity contribution in [2.45, 2.75) is 19.0 Å². The molecule has 2 heterocycles. The number of aromatic nitrogens is 1. The number of nitrogens with zero attached hydrogens (tertiary/aromatic N) is 2. The number of carbonyl (C=O) groups excluding carboxylic acids is 1. The van der Waals surface area contributed by atoms with Gasteiger partial charge in [0.05, 0.1) is 21.5 Å². The highest BCUT2D eigenvalue weighted by molar-refractivity contribution is 7.22. The molecule has 2 amide bonds. The molecule has 0 atom stereocenters. The van der Waals surface area contributed by atoms with E-state index in [9.17, 15) is 18.0 Å². The van der Waals surface area contributed by atoms with Crippen LogP contribution >= 0.6 is 11.3 Å². The third-order valence-corrected chi connectivity index (χ3v) is 6.30. The predicted molar refractivity (Wildman–Crippen MR) is 113 cm³/mol. The van der Waals surface area contributed by atoms with E-state index < -0.39 is 17.8 Å². The fraction of sp³-hybridized carbons (Fsp3) is 0.333. The van der Waals surface area contributed by atoms with Gasteiger partial charge >= 0.3 is 12.2 Å². The molecular formula is C21H21F3N4OS. The van der Waals surface area contributed by atoms with E-state index in [-0.39, 0.29) is 11.6 Å². The van der Waals surface area contributed by atoms with Crippen molar-refractivity contribution in [2.24, 2.45) is 5.92 Å². The number of nitrogens with one attached hydrogen (secondary N) is 2. The van der Waals surface area contributed by atoms with E-state index in [1.807, 2.05) is 18.2 Å². The second kappa shape index (κ2) is 8.51. The summed E-state index contributed by atoms with van der Waals surface area (Å²) in [6.45, 7) is 2.10. The summed E-state index contributed by atoms with van der Waals surface area (Å²) in [7, 11) is 0. The molecule has 1 fully saturated rings. The third kappa shape index (κ3) is 4.67. The minimum Gasteiger partial charge on any atom is -0.348 e. The minimum absolute atomic E-state index is 0.242. The number of fused-ring (bicyclic) bond motifs is 1. The van der Waals surface area contributed by atoms with Gasteiger partial charge in [-0.15, -0.1) is 0 Å². The number of hydrogen-bond acceptors (Lipinski definition) is 4. The summed E-state index contributed by atoms with van der Waals surface area (Å²) in [5.41, 5.74) is -0.102. The van der Waals surface area contributed by atoms with Crippen LogP contribution in [0, 0.1) is 5.92 Å². The lowest BCUT2D eigenvalue weighted by Crippen LogP contribution is -2.40. The van der Waals surface area contributed by atoms with E-state index in [2.05, 4.69) is 26.6 Å². The summed E-state index contributed by atoms with van der Waals surface area (Å²) in [6.07, 6.45) is -2.75. The molecule has 5 nitrogen and oxygen atoms in total. The van der Waals surface area contributed by atoms with Crippen molar-refractivity contribution in [3.63, 3.8) is 0 Å². The van der Waals surface area contributed by atoms with Gasteiger partial charge < -0.3 is 15.5 Å². The highest BCUT2D eigenvalue weighted by atomic mass is 32.1. The molecule has 0 radical (unpaired) electrons. The number of alkyl halides is 3. The van der Waals surface area contributed by atoms with Gasteiger partial charge in [-0.25, -0.2) is 9.78 Å². The Morgan fingerprint density at radius 2 is 1.80 bits per heavy atom. The molecule has 0 unspecified atom stereocenters. The Morgan fingerprint density at radius 3 is 2.53 bits per heavy atom. The summed E-state index contributed by atoms with van der Waals surface area (Å²) in [5, 5.41) is 6.03. The second-order valence-electron chi connectivity index (χ2n) is 7.27. The molecule has 0 spiro atoms. The Bertz CT molecular complexity index is 995. The lowest BCUT2D eigenvalue weighted by atomic mass is 9.97. The molecule has 4 rings (SSSR count). The van der Waals surface area contributed by atoms with Crippen LogP contribution in [0.2, 0.25) is 0 Å². The van der Waals surface area contributed by atoms with Crippen LogP contribution in [0.3, 0.4) is 0 Å². The van der Waals surface area contributed by atoms with Gasteiger partial charge in [0.1, 0.15) is 0 Å². The van der Waals surface area contributed by atoms with Crippen LogP contribution < -0.4 is 15.5 Å². The maximum Gasteiger partial charge on any atom is 0.418 e. The zero-order valence-electron chi connectivity index (χ0n) is 16.1. The first-order valence-electron chi connectivity index (χ1n) is 9.72. The Kier molecular flexibility index (Phi) is 5.80. The van der Waals surface area contributed by atoms with Crippen molar-refractivity contribution in [2.75, 3.05) is 29.9 Å². The molecule has 2 aromatic carbocycles. The van der Waals surface area contributed by atoms with Crippen LogP contribution in [0.1, 0.15) is 18.4 Å². The predicted octanol–water partition coefficient (Wildman–Crippen LogP) is 5.35. The van der Waals surface area contributed by atoms with E-state index in [1.54, 1.807) is 11.3 Å². The van der Waals surface area contributed by atoms with Crippen molar-refractivity contribution < 1.29 is 18.0 Å². The summed E-state index contributed by atoms with van der Waals surface area (Å²) < 4.78 is 40.3. The van der Waals surface area contributed by atoms with Crippen LogP contribution in [-0.4, -0.2) is 30.6 Å². The highest BCUT2D eigenvalue weighted by Gasteiger charge is 2.33. The standard InChI is InChI=1S/C21H21F3N4OS/c22-21(23,24)15-5-1-2-6-16(15)26-19(29)25-13-14-9-11-28(12-10-14)20-27-17-7-3-4-8-18(17)30-20/h1-8,14H,9-13H2,(H2,25,26,29). The van der Waals surface area contributed by atoms with Gasteiger partial charge in [-0.2, -0.15) is 13.2 Å². The topological polar surface area (TPSA) is 57.3 Å². The van der Waals surface area contributed by atoms with Crippen molar-refractivity contribution in [3.05, 3.63) is 54.1 Å². The number of carbonyl (C=O) groups is 1. The van der Waals surface area contributed by atoms with Crippen LogP contribution in [0.4, 0.5) is 28.8 Å². The molecule has 0 aliphatic carbocycles. The second-order valence-corrected chi connectivity index (χ2v) is 8.28. The molecule has 2 N–H and O–H groups in total. The fourth-order valence-corrected chi connectivity index (χ4v) is 4.58. The maximum absolute atomic E-state index is 13.0. The van der Waals surface area contributed by atoms with Gasteiger partial charge in [0.15, 0.2) is 5.13 Å². The van der Waals surface area contributed by atoms with E-state index in [0.29, 0.717) is 6.54 Å². The quantitative estimate of drug-likeness (QED) is 0.582. The summed E-state index contributed by atoms with van der Waals surface area (Å²) in [4.78, 5) is 19.0. The number of piperidine rings is 1. The Hall–Kier alpha value is -2.81. The smallest absolute Gasteiger partial charge is 0.348 e. The molecule has 0 bridgehead atoms. The van der Waals surface area contributed by atoms with E-state index >= 15 is 0 Å². The van der Waals surface area contributed by atoms with E-state index in [0.717, 1.165) is 47.3 Å². The van der Waals surface area contributed by atoms with Gasteiger partial charge in [-0.05, 0) is 43.0 Å². The first-order chi connectivity index (χ1) is 14.4. The Labute approximate surface area is 175 Å². The lowest BCUT2D eigenvalue weighted by molar-refractivity contribution is -0.136. The van der Waals surface area contributed by atoms with Crippen LogP contribution in [0.25, 0.3) is 10.2 Å². The van der Waals surface area contributed by atoms with Gasteiger partial charge in [-0.3, -0.25) is 0 Å². The molecular weight excluding hydrogens is 413 g/mol. The molecule has 1 aliphatic rings. The first-order valence-corrected chi connectivity index (χ1v) is 10.5. The van der Waals surface area contributed by atoms with Crippen LogP contribution in [-0.2, 0) is 6.18 Å². The highest BCUT2D eigenvalue weighted by Crippen LogP contribution is 2.34. The minimum atomic E-state index is -4.52. The average molecular weight is 434 g/mol. The molecule has 1 aromatic heterocycles. The number of thiazole rings is 1. The number of benzene rings is 2. The summed E-state index contributed by atoms with van der Waals surface area (Å²) in [5.74, 6) is 0.277. The SMILES string of the molecule is O=C(NCC1CCN(c2nc3ccccc3s2)CC1)Nc1ccccc1C(F)(F)F. The average Bonchev–Trinajstić information content (AvgIpc) is 3.16. The zero-order valence-corrected chi connectivity index (χ0v) is 16.9. The van der Waals surface area contributed by atoms with Crippen molar-refractivity contribution in [1.82, 2.24) is 10.3 Å². The summed E-state index contributed by atoms with van der Waals surface area (Å²) in [6, 6.07) is 12.4. The maximum atomic E-state index is 13.0. The summed E-state index contributed by atoms with van der Waals surface area (Å²) >= 11 is 1.67. The number of halogens is 3. The van der Waals surface area contributed by atoms with E-state index in [1.165, 1.54) is 18.2 Å². The molecule has 3 aromatic rings. The number of anilines is 2. The fourth-order valence-electron chi connectivity index (χ4n) is 3.57. The number of para-hydroxylation sites is 2. The molecule has 1 aliphatic heterocycles. The number of amides is 2. The van der Waals surface area contributed by atoms with Crippen molar-refractivity contribution in [3.8, 4) is 0 Å². The molecule has 0 saturated carbocycles. The normalized spacial score (nSPS) is 15.4. The van der Waals surface area contributed by atoms with Gasteiger partial charge in [-0.1, -0.05) is 35.6 Å². The largest absolute Gasteiger partial charge is 0.418 e. The molecule has 9 heteroatoms. The number of urea groups is 1. The monoisotopic (exact) mass is 434 g/mol. The van der Waals surface area contributed by atoms with Crippen LogP contribution in [0.5, 0.6) is 0 Å². The first kappa shape index (κ1) is 20.5. The van der Waals surface area contributed by atoms with Crippen molar-refractivity contribution in [1.29, 1.82) is 0 Å². The number of rotatable bonds is 4. The molecule has 30 heavy (non-hydrogen) atoms. The Balaban J connectivity index is 1.27. The van der Waals surface area contributed by atoms with Gasteiger partial charge in [0.2, 0.25) is 0 Å². The molecule has 1 saturated heterocycles. The van der Waals surface area contributed by atoms with E-state index in [4.69, 9.17) is 0 Å². The number of hydrogen-bond donors (Lipinski definition) is 2. The third-order valence-electron chi connectivity index (χ3n) is 5.20. The molecule has 158 valence electrons. The lowest BCUT2D eigenvalue weighted by Gasteiger charge is -2.31. The Morgan fingerprint density at radius 1 is 1.10 bits per heavy atom. The van der Waals surface area contributed by atoms with Gasteiger partial charge in [0.25, 0.3) is 0 Å². The van der Waals surface area contributed by atoms with Crippen LogP contribution in [0.15, 0.2) is 48.5 Å². The van der Waals surface area contributed by atoms with Gasteiger partial charge in [0, 0.05) is 19.6 Å². The van der Waals surface area contributed by atoms with Crippen molar-refractivity contribution >= 4 is 38.4 Å².